The van der Waals surface area contributed by atoms with Gasteiger partial charge in [0.25, 0.3) is 0 Å². The van der Waals surface area contributed by atoms with E-state index >= 15 is 0 Å². The fourth-order valence-corrected chi connectivity index (χ4v) is 1.49. The molecule has 4 nitrogen and oxygen atoms in total. The lowest BCUT2D eigenvalue weighted by Crippen LogP contribution is -2.41. The molecule has 84 valence electrons. The number of rotatable bonds is 1. The van der Waals surface area contributed by atoms with E-state index in [2.05, 4.69) is 4.98 Å². The summed E-state index contributed by atoms with van der Waals surface area (Å²) in [5.41, 5.74) is 0.141. The smallest absolute Gasteiger partial charge is 0.220 e. The normalized spacial score (nSPS) is 24.6. The molecule has 0 unspecified atom stereocenters. The van der Waals surface area contributed by atoms with Crippen molar-refractivity contribution >= 4 is 0 Å². The molecule has 1 aliphatic rings. The third-order valence-electron chi connectivity index (χ3n) is 3.25. The van der Waals surface area contributed by atoms with Gasteiger partial charge in [-0.3, -0.25) is 0 Å². The standard InChI is InChI=1S/C11H17NO3/c1-7-8(13-6-12-7)9-14-10(2,3)11(4,5)15-9/h6,9H,1-5H3. The molecule has 0 atom stereocenters. The molecule has 1 aliphatic heterocycles. The molecule has 0 aliphatic carbocycles. The van der Waals surface area contributed by atoms with Crippen LogP contribution in [0.5, 0.6) is 0 Å². The number of ether oxygens (including phenoxy) is 2. The highest BCUT2D eigenvalue weighted by molar-refractivity contribution is 5.09. The fraction of sp³-hybridized carbons (Fsp3) is 0.727. The predicted molar refractivity (Wildman–Crippen MR) is 54.3 cm³/mol. The van der Waals surface area contributed by atoms with Crippen LogP contribution >= 0.6 is 0 Å². The van der Waals surface area contributed by atoms with Gasteiger partial charge in [0.05, 0.1) is 16.9 Å². The second-order valence-electron chi connectivity index (χ2n) is 4.89. The van der Waals surface area contributed by atoms with Crippen LogP contribution in [0.3, 0.4) is 0 Å². The number of hydrogen-bond donors (Lipinski definition) is 0. The molecule has 0 aromatic carbocycles. The molecule has 1 fully saturated rings. The Labute approximate surface area is 89.6 Å². The number of oxazole rings is 1. The van der Waals surface area contributed by atoms with Crippen LogP contribution < -0.4 is 0 Å². The van der Waals surface area contributed by atoms with Crippen LogP contribution in [0.25, 0.3) is 0 Å². The molecule has 4 heteroatoms. The largest absolute Gasteiger partial charge is 0.443 e. The van der Waals surface area contributed by atoms with Gasteiger partial charge in [-0.05, 0) is 34.6 Å². The molecule has 1 aromatic heterocycles. The average molecular weight is 211 g/mol. The zero-order valence-corrected chi connectivity index (χ0v) is 9.83. The van der Waals surface area contributed by atoms with Crippen LogP contribution in [-0.4, -0.2) is 16.2 Å². The molecule has 2 heterocycles. The first-order chi connectivity index (χ1) is 6.83. The van der Waals surface area contributed by atoms with Crippen molar-refractivity contribution < 1.29 is 13.9 Å². The Hall–Kier alpha value is -0.870. The van der Waals surface area contributed by atoms with Gasteiger partial charge in [-0.25, -0.2) is 4.98 Å². The zero-order chi connectivity index (χ0) is 11.3. The zero-order valence-electron chi connectivity index (χ0n) is 9.83. The van der Waals surface area contributed by atoms with Crippen molar-refractivity contribution in [2.24, 2.45) is 0 Å². The van der Waals surface area contributed by atoms with Crippen molar-refractivity contribution in [3.63, 3.8) is 0 Å². The van der Waals surface area contributed by atoms with Crippen LogP contribution in [0.15, 0.2) is 10.8 Å². The summed E-state index contributed by atoms with van der Waals surface area (Å²) in [4.78, 5) is 4.03. The average Bonchev–Trinajstić information content (AvgIpc) is 2.55. The topological polar surface area (TPSA) is 44.5 Å². The van der Waals surface area contributed by atoms with Gasteiger partial charge in [0.2, 0.25) is 6.29 Å². The van der Waals surface area contributed by atoms with Crippen molar-refractivity contribution in [2.45, 2.75) is 52.1 Å². The van der Waals surface area contributed by atoms with Gasteiger partial charge in [-0.1, -0.05) is 0 Å². The van der Waals surface area contributed by atoms with Gasteiger partial charge >= 0.3 is 0 Å². The Bertz CT molecular complexity index is 352. The molecule has 1 aromatic rings. The van der Waals surface area contributed by atoms with Crippen molar-refractivity contribution in [1.29, 1.82) is 0 Å². The van der Waals surface area contributed by atoms with E-state index in [1.807, 2.05) is 34.6 Å². The van der Waals surface area contributed by atoms with Gasteiger partial charge in [-0.2, -0.15) is 0 Å². The lowest BCUT2D eigenvalue weighted by Gasteiger charge is -2.30. The van der Waals surface area contributed by atoms with E-state index in [1.54, 1.807) is 0 Å². The summed E-state index contributed by atoms with van der Waals surface area (Å²) in [5.74, 6) is 0.661. The maximum atomic E-state index is 5.83. The van der Waals surface area contributed by atoms with Crippen LogP contribution in [0.2, 0.25) is 0 Å². The Morgan fingerprint density at radius 1 is 1.13 bits per heavy atom. The first kappa shape index (κ1) is 10.6. The van der Waals surface area contributed by atoms with Crippen molar-refractivity contribution in [1.82, 2.24) is 4.98 Å². The molecular weight excluding hydrogens is 194 g/mol. The van der Waals surface area contributed by atoms with Crippen LogP contribution in [0, 0.1) is 6.92 Å². The van der Waals surface area contributed by atoms with E-state index in [1.165, 1.54) is 6.39 Å². The maximum absolute atomic E-state index is 5.83. The maximum Gasteiger partial charge on any atom is 0.220 e. The molecular formula is C11H17NO3. The summed E-state index contributed by atoms with van der Waals surface area (Å²) < 4.78 is 16.9. The third kappa shape index (κ3) is 1.58. The van der Waals surface area contributed by atoms with E-state index in [9.17, 15) is 0 Å². The summed E-state index contributed by atoms with van der Waals surface area (Å²) in [6, 6.07) is 0. The predicted octanol–water partition coefficient (Wildman–Crippen LogP) is 2.59. The highest BCUT2D eigenvalue weighted by Crippen LogP contribution is 2.45. The van der Waals surface area contributed by atoms with Crippen LogP contribution in [-0.2, 0) is 9.47 Å². The van der Waals surface area contributed by atoms with Gasteiger partial charge in [0.15, 0.2) is 12.2 Å². The van der Waals surface area contributed by atoms with Crippen molar-refractivity contribution in [2.75, 3.05) is 0 Å². The molecule has 2 rings (SSSR count). The summed E-state index contributed by atoms with van der Waals surface area (Å²) in [7, 11) is 0. The first-order valence-electron chi connectivity index (χ1n) is 5.09. The molecule has 15 heavy (non-hydrogen) atoms. The molecule has 0 amide bonds. The van der Waals surface area contributed by atoms with Crippen LogP contribution in [0.4, 0.5) is 0 Å². The highest BCUT2D eigenvalue weighted by atomic mass is 16.8. The molecule has 0 spiro atoms. The summed E-state index contributed by atoms with van der Waals surface area (Å²) in [5, 5.41) is 0. The second kappa shape index (κ2) is 3.06. The summed E-state index contributed by atoms with van der Waals surface area (Å²) in [6.45, 7) is 9.93. The van der Waals surface area contributed by atoms with Crippen molar-refractivity contribution in [3.8, 4) is 0 Å². The summed E-state index contributed by atoms with van der Waals surface area (Å²) in [6.07, 6.45) is 0.966. The number of nitrogens with zero attached hydrogens (tertiary/aromatic N) is 1. The van der Waals surface area contributed by atoms with E-state index in [4.69, 9.17) is 13.9 Å². The van der Waals surface area contributed by atoms with Gasteiger partial charge in [-0.15, -0.1) is 0 Å². The SMILES string of the molecule is Cc1ncoc1C1OC(C)(C)C(C)(C)O1. The highest BCUT2D eigenvalue weighted by Gasteiger charge is 2.50. The fourth-order valence-electron chi connectivity index (χ4n) is 1.49. The Kier molecular flexibility index (Phi) is 2.17. The molecule has 0 saturated carbocycles. The van der Waals surface area contributed by atoms with Crippen molar-refractivity contribution in [3.05, 3.63) is 17.8 Å². The van der Waals surface area contributed by atoms with Gasteiger partial charge in [0.1, 0.15) is 0 Å². The third-order valence-corrected chi connectivity index (χ3v) is 3.25. The minimum Gasteiger partial charge on any atom is -0.443 e. The number of aromatic nitrogens is 1. The minimum atomic E-state index is -0.447. The van der Waals surface area contributed by atoms with E-state index in [-0.39, 0.29) is 11.2 Å². The first-order valence-corrected chi connectivity index (χ1v) is 5.09. The van der Waals surface area contributed by atoms with Gasteiger partial charge in [0, 0.05) is 0 Å². The molecule has 0 radical (unpaired) electrons. The minimum absolute atomic E-state index is 0.336. The quantitative estimate of drug-likeness (QED) is 0.716. The monoisotopic (exact) mass is 211 g/mol. The molecule has 0 N–H and O–H groups in total. The lowest BCUT2D eigenvalue weighted by atomic mass is 9.90. The van der Waals surface area contributed by atoms with Crippen LogP contribution in [0.1, 0.15) is 45.4 Å². The number of hydrogen-bond acceptors (Lipinski definition) is 4. The molecule has 0 bridgehead atoms. The Morgan fingerprint density at radius 2 is 1.67 bits per heavy atom. The second-order valence-corrected chi connectivity index (χ2v) is 4.89. The Morgan fingerprint density at radius 3 is 2.07 bits per heavy atom. The van der Waals surface area contributed by atoms with Gasteiger partial charge < -0.3 is 13.9 Å². The number of aryl methyl sites for hydroxylation is 1. The molecule has 1 saturated heterocycles. The van der Waals surface area contributed by atoms with E-state index in [0.717, 1.165) is 5.69 Å². The van der Waals surface area contributed by atoms with E-state index in [0.29, 0.717) is 5.76 Å². The Balaban J connectivity index is 2.27. The lowest BCUT2D eigenvalue weighted by molar-refractivity contribution is -0.102. The van der Waals surface area contributed by atoms with E-state index < -0.39 is 6.29 Å². The summed E-state index contributed by atoms with van der Waals surface area (Å²) >= 11 is 0.